The Kier molecular flexibility index (Phi) is 4.11. The fourth-order valence-electron chi connectivity index (χ4n) is 2.74. The van der Waals surface area contributed by atoms with E-state index in [0.717, 1.165) is 22.4 Å². The number of benzene rings is 2. The molecule has 5 heteroatoms. The summed E-state index contributed by atoms with van der Waals surface area (Å²) in [6, 6.07) is 18.9. The number of nitrogens with one attached hydrogen (secondary N) is 1. The van der Waals surface area contributed by atoms with E-state index in [1.165, 1.54) is 6.26 Å². The average Bonchev–Trinajstić information content (AvgIpc) is 3.32. The first-order valence-electron chi connectivity index (χ1n) is 8.17. The summed E-state index contributed by atoms with van der Waals surface area (Å²) in [6.07, 6.45) is 3.13. The Morgan fingerprint density at radius 2 is 1.69 bits per heavy atom. The molecule has 0 atom stereocenters. The summed E-state index contributed by atoms with van der Waals surface area (Å²) < 4.78 is 10.6. The highest BCUT2D eigenvalue weighted by atomic mass is 16.3. The molecule has 128 valence electrons. The first-order chi connectivity index (χ1) is 12.7. The molecule has 26 heavy (non-hydrogen) atoms. The van der Waals surface area contributed by atoms with Crippen molar-refractivity contribution in [1.29, 1.82) is 0 Å². The van der Waals surface area contributed by atoms with Gasteiger partial charge >= 0.3 is 0 Å². The smallest absolute Gasteiger partial charge is 0.292 e. The Bertz CT molecular complexity index is 1030. The molecule has 5 nitrogen and oxygen atoms in total. The van der Waals surface area contributed by atoms with Crippen molar-refractivity contribution in [3.63, 3.8) is 0 Å². The van der Waals surface area contributed by atoms with Gasteiger partial charge in [-0.15, -0.1) is 0 Å². The fraction of sp³-hybridized carbons (Fsp3) is 0.0476. The number of nitrogens with zero attached hydrogens (tertiary/aromatic N) is 1. The second-order valence-corrected chi connectivity index (χ2v) is 5.81. The van der Waals surface area contributed by atoms with Crippen LogP contribution in [0.25, 0.3) is 22.4 Å². The van der Waals surface area contributed by atoms with Crippen molar-refractivity contribution in [1.82, 2.24) is 4.98 Å². The lowest BCUT2D eigenvalue weighted by molar-refractivity contribution is 0.0997. The first kappa shape index (κ1) is 15.9. The third-order valence-corrected chi connectivity index (χ3v) is 4.01. The second-order valence-electron chi connectivity index (χ2n) is 5.81. The number of oxazole rings is 1. The van der Waals surface area contributed by atoms with E-state index in [9.17, 15) is 4.79 Å². The molecule has 0 spiro atoms. The van der Waals surface area contributed by atoms with Crippen molar-refractivity contribution in [2.45, 2.75) is 6.92 Å². The van der Waals surface area contributed by atoms with Crippen LogP contribution in [0.3, 0.4) is 0 Å². The van der Waals surface area contributed by atoms with Crippen molar-refractivity contribution in [3.05, 3.63) is 84.8 Å². The zero-order valence-electron chi connectivity index (χ0n) is 14.1. The molecular weight excluding hydrogens is 328 g/mol. The van der Waals surface area contributed by atoms with Gasteiger partial charge in [0.2, 0.25) is 0 Å². The van der Waals surface area contributed by atoms with Crippen molar-refractivity contribution in [2.24, 2.45) is 0 Å². The van der Waals surface area contributed by atoms with Crippen molar-refractivity contribution >= 4 is 11.6 Å². The van der Waals surface area contributed by atoms with Crippen LogP contribution in [-0.2, 0) is 0 Å². The van der Waals surface area contributed by atoms with Crippen LogP contribution in [-0.4, -0.2) is 10.9 Å². The molecular formula is C21H16N2O3. The SMILES string of the molecule is Cc1nc(-c2ccc(NC(=O)c3occc3-c3ccccc3)cc2)co1. The zero-order chi connectivity index (χ0) is 17.9. The van der Waals surface area contributed by atoms with E-state index in [1.54, 1.807) is 19.3 Å². The molecule has 4 aromatic rings. The highest BCUT2D eigenvalue weighted by Crippen LogP contribution is 2.26. The van der Waals surface area contributed by atoms with Crippen LogP contribution in [0, 0.1) is 6.92 Å². The second kappa shape index (κ2) is 6.72. The molecule has 0 aliphatic rings. The lowest BCUT2D eigenvalue weighted by Gasteiger charge is -2.06. The summed E-state index contributed by atoms with van der Waals surface area (Å²) in [5.41, 5.74) is 4.05. The standard InChI is InChI=1S/C21H16N2O3/c1-14-22-19(13-26-14)16-7-9-17(10-8-16)23-21(24)20-18(11-12-25-20)15-5-3-2-4-6-15/h2-13H,1H3,(H,23,24). The highest BCUT2D eigenvalue weighted by molar-refractivity contribution is 6.06. The third kappa shape index (κ3) is 3.15. The van der Waals surface area contributed by atoms with Gasteiger partial charge in [0.25, 0.3) is 5.91 Å². The average molecular weight is 344 g/mol. The summed E-state index contributed by atoms with van der Waals surface area (Å²) in [7, 11) is 0. The summed E-state index contributed by atoms with van der Waals surface area (Å²) in [5.74, 6) is 0.606. The molecule has 0 saturated carbocycles. The topological polar surface area (TPSA) is 68.3 Å². The summed E-state index contributed by atoms with van der Waals surface area (Å²) >= 11 is 0. The molecule has 2 aromatic heterocycles. The van der Waals surface area contributed by atoms with Crippen LogP contribution in [0.5, 0.6) is 0 Å². The molecule has 4 rings (SSSR count). The van der Waals surface area contributed by atoms with Gasteiger partial charge in [-0.25, -0.2) is 4.98 Å². The van der Waals surface area contributed by atoms with E-state index < -0.39 is 0 Å². The van der Waals surface area contributed by atoms with E-state index in [0.29, 0.717) is 11.6 Å². The van der Waals surface area contributed by atoms with E-state index in [4.69, 9.17) is 8.83 Å². The number of hydrogen-bond donors (Lipinski definition) is 1. The Balaban J connectivity index is 1.53. The van der Waals surface area contributed by atoms with Gasteiger partial charge in [0, 0.05) is 23.7 Å². The van der Waals surface area contributed by atoms with Crippen LogP contribution < -0.4 is 5.32 Å². The molecule has 1 amide bonds. The van der Waals surface area contributed by atoms with Crippen LogP contribution in [0.15, 0.2) is 82.0 Å². The quantitative estimate of drug-likeness (QED) is 0.555. The van der Waals surface area contributed by atoms with E-state index in [-0.39, 0.29) is 11.7 Å². The predicted molar refractivity (Wildman–Crippen MR) is 98.8 cm³/mol. The Hall–Kier alpha value is -3.60. The van der Waals surface area contributed by atoms with Gasteiger partial charge in [0.05, 0.1) is 6.26 Å². The maximum absolute atomic E-state index is 12.6. The lowest BCUT2D eigenvalue weighted by Crippen LogP contribution is -2.11. The van der Waals surface area contributed by atoms with E-state index >= 15 is 0 Å². The van der Waals surface area contributed by atoms with Crippen LogP contribution in [0.1, 0.15) is 16.4 Å². The molecule has 2 heterocycles. The Labute approximate surface area is 150 Å². The Morgan fingerprint density at radius 3 is 2.38 bits per heavy atom. The normalized spacial score (nSPS) is 10.7. The molecule has 0 fully saturated rings. The van der Waals surface area contributed by atoms with Crippen molar-refractivity contribution in [2.75, 3.05) is 5.32 Å². The highest BCUT2D eigenvalue weighted by Gasteiger charge is 2.17. The minimum absolute atomic E-state index is 0.285. The number of aryl methyl sites for hydroxylation is 1. The minimum Gasteiger partial charge on any atom is -0.459 e. The summed E-state index contributed by atoms with van der Waals surface area (Å²) in [5, 5.41) is 2.86. The van der Waals surface area contributed by atoms with Crippen LogP contribution in [0.2, 0.25) is 0 Å². The number of rotatable bonds is 4. The van der Waals surface area contributed by atoms with Crippen LogP contribution >= 0.6 is 0 Å². The molecule has 1 N–H and O–H groups in total. The fourth-order valence-corrected chi connectivity index (χ4v) is 2.74. The van der Waals surface area contributed by atoms with Crippen molar-refractivity contribution < 1.29 is 13.6 Å². The molecule has 2 aromatic carbocycles. The lowest BCUT2D eigenvalue weighted by atomic mass is 10.1. The summed E-state index contributed by atoms with van der Waals surface area (Å²) in [6.45, 7) is 1.80. The van der Waals surface area contributed by atoms with Crippen LogP contribution in [0.4, 0.5) is 5.69 Å². The number of carbonyl (C=O) groups excluding carboxylic acids is 1. The molecule has 0 aliphatic heterocycles. The van der Waals surface area contributed by atoms with Gasteiger partial charge in [-0.3, -0.25) is 4.79 Å². The largest absolute Gasteiger partial charge is 0.459 e. The summed E-state index contributed by atoms with van der Waals surface area (Å²) in [4.78, 5) is 16.9. The van der Waals surface area contributed by atoms with Gasteiger partial charge in [-0.1, -0.05) is 42.5 Å². The number of hydrogen-bond acceptors (Lipinski definition) is 4. The number of furan rings is 1. The minimum atomic E-state index is -0.293. The molecule has 0 radical (unpaired) electrons. The maximum atomic E-state index is 12.6. The van der Waals surface area contributed by atoms with Crippen molar-refractivity contribution in [3.8, 4) is 22.4 Å². The molecule has 0 aliphatic carbocycles. The first-order valence-corrected chi connectivity index (χ1v) is 8.17. The van der Waals surface area contributed by atoms with E-state index in [2.05, 4.69) is 10.3 Å². The predicted octanol–water partition coefficient (Wildman–Crippen LogP) is 5.16. The number of amides is 1. The third-order valence-electron chi connectivity index (χ3n) is 4.01. The molecule has 0 unspecified atom stereocenters. The van der Waals surface area contributed by atoms with Gasteiger partial charge < -0.3 is 14.2 Å². The van der Waals surface area contributed by atoms with Gasteiger partial charge in [0.15, 0.2) is 11.7 Å². The van der Waals surface area contributed by atoms with Gasteiger partial charge in [-0.2, -0.15) is 0 Å². The molecule has 0 bridgehead atoms. The maximum Gasteiger partial charge on any atom is 0.292 e. The van der Waals surface area contributed by atoms with Gasteiger partial charge in [-0.05, 0) is 23.8 Å². The number of aromatic nitrogens is 1. The Morgan fingerprint density at radius 1 is 0.923 bits per heavy atom. The van der Waals surface area contributed by atoms with Gasteiger partial charge in [0.1, 0.15) is 12.0 Å². The molecule has 0 saturated heterocycles. The number of anilines is 1. The monoisotopic (exact) mass is 344 g/mol. The zero-order valence-corrected chi connectivity index (χ0v) is 14.1. The van der Waals surface area contributed by atoms with E-state index in [1.807, 2.05) is 54.6 Å². The number of carbonyl (C=O) groups is 1.